The van der Waals surface area contributed by atoms with E-state index in [0.717, 1.165) is 39.5 Å². The Bertz CT molecular complexity index is 1750. The molecule has 50 heavy (non-hydrogen) atoms. The Kier molecular flexibility index (Phi) is 11.5. The minimum absolute atomic E-state index is 0.0800. The fourth-order valence-corrected chi connectivity index (χ4v) is 6.39. The standard InChI is InChI=1S/C35H41N9O6/c45-25-50-24-26-4-6-27(7-5-26)28-16-30-20-41-10-14-42(22-34(46)47)12-8-40(9-13-43(15-11-41)23-35(48)49)19-29-2-1-3-32(38-29)33-18-36-39-44(33)21-31(17-28)37-30/h1-7,16-18,25H,8-15,19-24H2,(H,46,47)(H,48,49). The van der Waals surface area contributed by atoms with Gasteiger partial charge in [0.2, 0.25) is 0 Å². The molecule has 15 nitrogen and oxygen atoms in total. The number of hydrogen-bond donors (Lipinski definition) is 2. The molecular formula is C35H41N9O6. The van der Waals surface area contributed by atoms with Crippen molar-refractivity contribution in [2.24, 2.45) is 0 Å². The number of aliphatic carboxylic acids is 2. The van der Waals surface area contributed by atoms with Crippen LogP contribution in [0.15, 0.2) is 60.8 Å². The van der Waals surface area contributed by atoms with Gasteiger partial charge in [-0.1, -0.05) is 35.5 Å². The normalized spacial score (nSPS) is 19.2. The van der Waals surface area contributed by atoms with Crippen molar-refractivity contribution in [3.05, 3.63) is 83.4 Å². The molecule has 1 aromatic carbocycles. The van der Waals surface area contributed by atoms with Crippen molar-refractivity contribution in [1.82, 2.24) is 44.6 Å². The van der Waals surface area contributed by atoms with Crippen molar-refractivity contribution in [2.75, 3.05) is 65.4 Å². The molecular weight excluding hydrogens is 642 g/mol. The van der Waals surface area contributed by atoms with Gasteiger partial charge in [0.05, 0.1) is 48.6 Å². The SMILES string of the molecule is O=COCc1ccc(-c2cc3nc(c2)Cn2nncc2-c2cccc(n2)CN2CCN(CC(=O)O)CCN(CCN(CC(=O)O)CC2)C3)cc1. The van der Waals surface area contributed by atoms with Crippen LogP contribution in [-0.2, 0) is 45.4 Å². The second-order valence-corrected chi connectivity index (χ2v) is 12.6. The molecule has 3 aromatic heterocycles. The number of pyridine rings is 2. The Morgan fingerprint density at radius 3 is 1.92 bits per heavy atom. The number of rotatable bonds is 8. The highest BCUT2D eigenvalue weighted by atomic mass is 16.5. The number of carboxylic acid groups (broad SMARTS) is 2. The van der Waals surface area contributed by atoms with Crippen LogP contribution in [0.4, 0.5) is 0 Å². The molecule has 0 radical (unpaired) electrons. The van der Waals surface area contributed by atoms with E-state index in [4.69, 9.17) is 14.7 Å². The van der Waals surface area contributed by atoms with Crippen LogP contribution in [0, 0.1) is 0 Å². The predicted molar refractivity (Wildman–Crippen MR) is 182 cm³/mol. The topological polar surface area (TPSA) is 170 Å². The van der Waals surface area contributed by atoms with Gasteiger partial charge in [0, 0.05) is 65.4 Å². The van der Waals surface area contributed by atoms with E-state index in [9.17, 15) is 24.6 Å². The molecule has 0 aliphatic carbocycles. The molecule has 3 aliphatic rings. The molecule has 7 rings (SSSR count). The molecule has 15 heteroatoms. The summed E-state index contributed by atoms with van der Waals surface area (Å²) >= 11 is 0. The van der Waals surface area contributed by atoms with Gasteiger partial charge in [-0.15, -0.1) is 5.10 Å². The van der Waals surface area contributed by atoms with Gasteiger partial charge in [-0.25, -0.2) is 9.67 Å². The second kappa shape index (κ2) is 16.5. The van der Waals surface area contributed by atoms with Crippen LogP contribution in [0.3, 0.4) is 0 Å². The number of carbonyl (C=O) groups is 3. The molecule has 6 heterocycles. The smallest absolute Gasteiger partial charge is 0.317 e. The van der Waals surface area contributed by atoms with E-state index in [1.165, 1.54) is 0 Å². The van der Waals surface area contributed by atoms with E-state index in [2.05, 4.69) is 20.1 Å². The molecule has 0 unspecified atom stereocenters. The number of aromatic nitrogens is 5. The third-order valence-corrected chi connectivity index (χ3v) is 8.95. The van der Waals surface area contributed by atoms with Gasteiger partial charge < -0.3 is 14.9 Å². The van der Waals surface area contributed by atoms with Crippen molar-refractivity contribution in [2.45, 2.75) is 26.2 Å². The summed E-state index contributed by atoms with van der Waals surface area (Å²) in [4.78, 5) is 52.9. The van der Waals surface area contributed by atoms with Gasteiger partial charge >= 0.3 is 11.9 Å². The zero-order chi connectivity index (χ0) is 34.9. The van der Waals surface area contributed by atoms with E-state index in [0.29, 0.717) is 84.2 Å². The average Bonchev–Trinajstić information content (AvgIpc) is 3.56. The number of carbonyl (C=O) groups excluding carboxylic acids is 1. The quantitative estimate of drug-likeness (QED) is 0.256. The number of fused-ring (bicyclic) bond motifs is 8. The molecule has 0 atom stereocenters. The highest BCUT2D eigenvalue weighted by Gasteiger charge is 2.21. The largest absolute Gasteiger partial charge is 0.480 e. The van der Waals surface area contributed by atoms with Crippen molar-refractivity contribution in [3.8, 4) is 22.5 Å². The van der Waals surface area contributed by atoms with Crippen molar-refractivity contribution >= 4 is 18.4 Å². The molecule has 1 saturated heterocycles. The summed E-state index contributed by atoms with van der Waals surface area (Å²) in [6.45, 7) is 6.19. The first-order valence-corrected chi connectivity index (χ1v) is 16.6. The van der Waals surface area contributed by atoms with Crippen LogP contribution < -0.4 is 0 Å². The molecule has 0 spiro atoms. The van der Waals surface area contributed by atoms with E-state index < -0.39 is 11.9 Å². The Hall–Kier alpha value is -5.09. The van der Waals surface area contributed by atoms with Crippen molar-refractivity contribution < 1.29 is 29.3 Å². The summed E-state index contributed by atoms with van der Waals surface area (Å²) in [5, 5.41) is 28.1. The van der Waals surface area contributed by atoms with Crippen LogP contribution in [0.2, 0.25) is 0 Å². The summed E-state index contributed by atoms with van der Waals surface area (Å²) in [7, 11) is 0. The molecule has 0 amide bonds. The number of benzene rings is 1. The van der Waals surface area contributed by atoms with Gasteiger partial charge in [-0.3, -0.25) is 39.0 Å². The van der Waals surface area contributed by atoms with Crippen molar-refractivity contribution in [1.29, 1.82) is 0 Å². The molecule has 2 N–H and O–H groups in total. The summed E-state index contributed by atoms with van der Waals surface area (Å²) in [6, 6.07) is 17.7. The van der Waals surface area contributed by atoms with Crippen molar-refractivity contribution in [3.63, 3.8) is 0 Å². The highest BCUT2D eigenvalue weighted by molar-refractivity contribution is 5.69. The van der Waals surface area contributed by atoms with Crippen LogP contribution >= 0.6 is 0 Å². The minimum Gasteiger partial charge on any atom is -0.480 e. The predicted octanol–water partition coefficient (Wildman–Crippen LogP) is 1.53. The lowest BCUT2D eigenvalue weighted by Crippen LogP contribution is -2.47. The van der Waals surface area contributed by atoms with Gasteiger partial charge in [0.1, 0.15) is 12.3 Å². The highest BCUT2D eigenvalue weighted by Crippen LogP contribution is 2.25. The third kappa shape index (κ3) is 9.53. The summed E-state index contributed by atoms with van der Waals surface area (Å²) in [5.74, 6) is -1.76. The molecule has 262 valence electrons. The molecule has 1 fully saturated rings. The van der Waals surface area contributed by atoms with E-state index >= 15 is 0 Å². The zero-order valence-electron chi connectivity index (χ0n) is 27.8. The fourth-order valence-electron chi connectivity index (χ4n) is 6.39. The lowest BCUT2D eigenvalue weighted by Gasteiger charge is -2.33. The van der Waals surface area contributed by atoms with Gasteiger partial charge in [-0.2, -0.15) is 0 Å². The first kappa shape index (κ1) is 34.8. The molecule has 0 saturated carbocycles. The Balaban J connectivity index is 1.43. The second-order valence-electron chi connectivity index (χ2n) is 12.6. The monoisotopic (exact) mass is 683 g/mol. The lowest BCUT2D eigenvalue weighted by molar-refractivity contribution is -0.139. The molecule has 4 aromatic rings. The average molecular weight is 684 g/mol. The maximum Gasteiger partial charge on any atom is 0.317 e. The summed E-state index contributed by atoms with van der Waals surface area (Å²) in [6.07, 6.45) is 1.70. The first-order valence-electron chi connectivity index (χ1n) is 16.6. The number of nitrogens with zero attached hydrogens (tertiary/aromatic N) is 9. The maximum absolute atomic E-state index is 11.9. The van der Waals surface area contributed by atoms with Crippen LogP contribution in [0.5, 0.6) is 0 Å². The van der Waals surface area contributed by atoms with Gasteiger partial charge in [-0.05, 0) is 41.0 Å². The van der Waals surface area contributed by atoms with E-state index in [-0.39, 0.29) is 19.7 Å². The van der Waals surface area contributed by atoms with Gasteiger partial charge in [0.15, 0.2) is 0 Å². The van der Waals surface area contributed by atoms with E-state index in [1.807, 2.05) is 64.4 Å². The van der Waals surface area contributed by atoms with Crippen LogP contribution in [0.1, 0.15) is 22.6 Å². The maximum atomic E-state index is 11.9. The number of carboxylic acids is 2. The minimum atomic E-state index is -0.882. The van der Waals surface area contributed by atoms with Gasteiger partial charge in [0.25, 0.3) is 6.47 Å². The Morgan fingerprint density at radius 1 is 0.720 bits per heavy atom. The van der Waals surface area contributed by atoms with Crippen LogP contribution in [-0.4, -0.2) is 139 Å². The Labute approximate surface area is 289 Å². The van der Waals surface area contributed by atoms with E-state index in [1.54, 1.807) is 10.9 Å². The first-order chi connectivity index (χ1) is 24.3. The summed E-state index contributed by atoms with van der Waals surface area (Å²) < 4.78 is 6.72. The number of ether oxygens (including phenoxy) is 1. The lowest BCUT2D eigenvalue weighted by atomic mass is 10.0. The van der Waals surface area contributed by atoms with Crippen LogP contribution in [0.25, 0.3) is 22.5 Å². The number of hydrogen-bond acceptors (Lipinski definition) is 12. The fraction of sp³-hybridized carbons (Fsp3) is 0.400. The summed E-state index contributed by atoms with van der Waals surface area (Å²) in [5.41, 5.74) is 6.63. The third-order valence-electron chi connectivity index (χ3n) is 8.95. The zero-order valence-corrected chi connectivity index (χ0v) is 27.8. The Morgan fingerprint density at radius 2 is 1.32 bits per heavy atom. The molecule has 6 bridgehead atoms. The molecule has 3 aliphatic heterocycles.